The van der Waals surface area contributed by atoms with Crippen LogP contribution in [-0.4, -0.2) is 30.6 Å². The van der Waals surface area contributed by atoms with Gasteiger partial charge in [0.2, 0.25) is 0 Å². The van der Waals surface area contributed by atoms with Crippen molar-refractivity contribution in [2.45, 2.75) is 33.2 Å². The summed E-state index contributed by atoms with van der Waals surface area (Å²) < 4.78 is 0. The van der Waals surface area contributed by atoms with Crippen LogP contribution < -0.4 is 5.32 Å². The van der Waals surface area contributed by atoms with Crippen LogP contribution in [0, 0.1) is 11.3 Å². The molecule has 0 amide bonds. The van der Waals surface area contributed by atoms with Gasteiger partial charge in [0.1, 0.15) is 0 Å². The lowest BCUT2D eigenvalue weighted by atomic mass is 9.91. The molecular weight excluding hydrogens is 172 g/mol. The van der Waals surface area contributed by atoms with Crippen LogP contribution >= 0.6 is 0 Å². The second kappa shape index (κ2) is 3.27. The molecule has 2 fully saturated rings. The van der Waals surface area contributed by atoms with E-state index in [4.69, 9.17) is 0 Å². The lowest BCUT2D eigenvalue weighted by molar-refractivity contribution is 0.312. The standard InChI is InChI=1S/C12H22N2/c1-9(12(2,3)4)13-11-8-14-6-5-10(11)7-14/h10-11,13H,1,5-8H2,2-4H3/t10-,11-/m0/s1. The van der Waals surface area contributed by atoms with E-state index >= 15 is 0 Å². The van der Waals surface area contributed by atoms with Gasteiger partial charge in [0.25, 0.3) is 0 Å². The van der Waals surface area contributed by atoms with E-state index in [1.54, 1.807) is 0 Å². The minimum Gasteiger partial charge on any atom is -0.384 e. The molecule has 2 bridgehead atoms. The molecule has 0 aromatic carbocycles. The van der Waals surface area contributed by atoms with E-state index in [-0.39, 0.29) is 5.41 Å². The van der Waals surface area contributed by atoms with E-state index in [1.807, 2.05) is 0 Å². The number of allylic oxidation sites excluding steroid dienone is 1. The Morgan fingerprint density at radius 2 is 2.07 bits per heavy atom. The van der Waals surface area contributed by atoms with Crippen LogP contribution in [0.2, 0.25) is 0 Å². The molecule has 80 valence electrons. The zero-order valence-corrected chi connectivity index (χ0v) is 9.64. The number of fused-ring (bicyclic) bond motifs is 2. The third kappa shape index (κ3) is 1.81. The predicted molar refractivity (Wildman–Crippen MR) is 60.1 cm³/mol. The monoisotopic (exact) mass is 194 g/mol. The number of hydrogen-bond acceptors (Lipinski definition) is 2. The maximum absolute atomic E-state index is 4.14. The Balaban J connectivity index is 1.90. The van der Waals surface area contributed by atoms with Gasteiger partial charge in [-0.15, -0.1) is 0 Å². The molecule has 14 heavy (non-hydrogen) atoms. The molecule has 2 aliphatic heterocycles. The fourth-order valence-corrected chi connectivity index (χ4v) is 2.39. The van der Waals surface area contributed by atoms with Crippen molar-refractivity contribution in [1.82, 2.24) is 10.2 Å². The maximum atomic E-state index is 4.14. The first-order valence-electron chi connectivity index (χ1n) is 5.65. The lowest BCUT2D eigenvalue weighted by Gasteiger charge is -2.30. The van der Waals surface area contributed by atoms with Gasteiger partial charge < -0.3 is 10.2 Å². The van der Waals surface area contributed by atoms with E-state index in [9.17, 15) is 0 Å². The van der Waals surface area contributed by atoms with Crippen LogP contribution in [0.3, 0.4) is 0 Å². The number of piperidine rings is 1. The summed E-state index contributed by atoms with van der Waals surface area (Å²) in [4.78, 5) is 2.55. The number of rotatable bonds is 2. The van der Waals surface area contributed by atoms with Gasteiger partial charge in [0.15, 0.2) is 0 Å². The summed E-state index contributed by atoms with van der Waals surface area (Å²) in [5.41, 5.74) is 1.38. The fraction of sp³-hybridized carbons (Fsp3) is 0.833. The minimum absolute atomic E-state index is 0.192. The quantitative estimate of drug-likeness (QED) is 0.721. The number of nitrogens with zero attached hydrogens (tertiary/aromatic N) is 1. The molecule has 0 radical (unpaired) electrons. The van der Waals surface area contributed by atoms with E-state index in [1.165, 1.54) is 31.8 Å². The van der Waals surface area contributed by atoms with Crippen molar-refractivity contribution in [2.75, 3.05) is 19.6 Å². The largest absolute Gasteiger partial charge is 0.384 e. The maximum Gasteiger partial charge on any atom is 0.0426 e. The van der Waals surface area contributed by atoms with Gasteiger partial charge in [-0.3, -0.25) is 0 Å². The van der Waals surface area contributed by atoms with E-state index in [0.717, 1.165) is 5.92 Å². The molecule has 0 aliphatic carbocycles. The van der Waals surface area contributed by atoms with Crippen LogP contribution in [0.5, 0.6) is 0 Å². The molecule has 2 saturated heterocycles. The first-order chi connectivity index (χ1) is 6.47. The minimum atomic E-state index is 0.192. The summed E-state index contributed by atoms with van der Waals surface area (Å²) in [5, 5.41) is 3.61. The summed E-state index contributed by atoms with van der Waals surface area (Å²) in [5.74, 6) is 0.870. The topological polar surface area (TPSA) is 15.3 Å². The Morgan fingerprint density at radius 3 is 2.50 bits per heavy atom. The van der Waals surface area contributed by atoms with Crippen molar-refractivity contribution in [2.24, 2.45) is 11.3 Å². The van der Waals surface area contributed by atoms with Crippen LogP contribution in [0.1, 0.15) is 27.2 Å². The zero-order valence-electron chi connectivity index (χ0n) is 9.64. The summed E-state index contributed by atoms with van der Waals surface area (Å²) >= 11 is 0. The third-order valence-corrected chi connectivity index (χ3v) is 3.60. The van der Waals surface area contributed by atoms with Crippen LogP contribution in [0.15, 0.2) is 12.3 Å². The molecule has 3 atom stereocenters. The van der Waals surface area contributed by atoms with Gasteiger partial charge in [-0.05, 0) is 18.9 Å². The van der Waals surface area contributed by atoms with E-state index in [0.29, 0.717) is 6.04 Å². The molecule has 1 unspecified atom stereocenters. The highest BCUT2D eigenvalue weighted by atomic mass is 15.2. The molecule has 2 nitrogen and oxygen atoms in total. The average Bonchev–Trinajstić information content (AvgIpc) is 2.62. The summed E-state index contributed by atoms with van der Waals surface area (Å²) in [6.45, 7) is 14.6. The summed E-state index contributed by atoms with van der Waals surface area (Å²) in [7, 11) is 0. The predicted octanol–water partition coefficient (Wildman–Crippen LogP) is 1.84. The molecule has 0 spiro atoms. The highest BCUT2D eigenvalue weighted by Gasteiger charge is 2.38. The van der Waals surface area contributed by atoms with Gasteiger partial charge in [0, 0.05) is 30.2 Å². The highest BCUT2D eigenvalue weighted by Crippen LogP contribution is 2.30. The second-order valence-electron chi connectivity index (χ2n) is 5.79. The number of nitrogens with one attached hydrogen (secondary N) is 1. The van der Waals surface area contributed by atoms with Crippen molar-refractivity contribution in [3.8, 4) is 0 Å². The van der Waals surface area contributed by atoms with Crippen LogP contribution in [-0.2, 0) is 0 Å². The fourth-order valence-electron chi connectivity index (χ4n) is 2.39. The molecule has 0 aromatic rings. The van der Waals surface area contributed by atoms with Crippen LogP contribution in [0.25, 0.3) is 0 Å². The SMILES string of the molecule is C=C(N[C@H]1CN2CC[C@H]1C2)C(C)(C)C. The lowest BCUT2D eigenvalue weighted by Crippen LogP contribution is -2.41. The Kier molecular flexibility index (Phi) is 2.34. The average molecular weight is 194 g/mol. The first-order valence-corrected chi connectivity index (χ1v) is 5.65. The molecule has 0 saturated carbocycles. The first kappa shape index (κ1) is 10.0. The van der Waals surface area contributed by atoms with E-state index < -0.39 is 0 Å². The molecule has 0 aromatic heterocycles. The molecule has 2 heterocycles. The smallest absolute Gasteiger partial charge is 0.0426 e. The van der Waals surface area contributed by atoms with Gasteiger partial charge >= 0.3 is 0 Å². The van der Waals surface area contributed by atoms with Crippen molar-refractivity contribution in [3.05, 3.63) is 12.3 Å². The highest BCUT2D eigenvalue weighted by molar-refractivity contribution is 5.08. The van der Waals surface area contributed by atoms with Crippen molar-refractivity contribution < 1.29 is 0 Å². The van der Waals surface area contributed by atoms with Crippen LogP contribution in [0.4, 0.5) is 0 Å². The molecular formula is C12H22N2. The number of hydrogen-bond donors (Lipinski definition) is 1. The normalized spacial score (nSPS) is 36.1. The summed E-state index contributed by atoms with van der Waals surface area (Å²) in [6, 6.07) is 0.662. The van der Waals surface area contributed by atoms with Gasteiger partial charge in [-0.25, -0.2) is 0 Å². The molecule has 2 rings (SSSR count). The Hall–Kier alpha value is -0.500. The molecule has 2 heteroatoms. The van der Waals surface area contributed by atoms with Crippen molar-refractivity contribution in [3.63, 3.8) is 0 Å². The van der Waals surface area contributed by atoms with Gasteiger partial charge in [0.05, 0.1) is 0 Å². The second-order valence-corrected chi connectivity index (χ2v) is 5.79. The third-order valence-electron chi connectivity index (χ3n) is 3.60. The van der Waals surface area contributed by atoms with Gasteiger partial charge in [-0.1, -0.05) is 27.4 Å². The van der Waals surface area contributed by atoms with Gasteiger partial charge in [-0.2, -0.15) is 0 Å². The molecule has 1 N–H and O–H groups in total. The summed E-state index contributed by atoms with van der Waals surface area (Å²) in [6.07, 6.45) is 1.37. The Labute approximate surface area is 87.4 Å². The Morgan fingerprint density at radius 1 is 1.36 bits per heavy atom. The zero-order chi connectivity index (χ0) is 10.3. The Bertz CT molecular complexity index is 239. The van der Waals surface area contributed by atoms with Crippen molar-refractivity contribution >= 4 is 0 Å². The van der Waals surface area contributed by atoms with Crippen molar-refractivity contribution in [1.29, 1.82) is 0 Å². The molecule has 2 aliphatic rings. The van der Waals surface area contributed by atoms with E-state index in [2.05, 4.69) is 37.6 Å².